The van der Waals surface area contributed by atoms with Crippen molar-refractivity contribution in [3.63, 3.8) is 0 Å². The molecule has 1 amide bonds. The molecule has 40 heavy (non-hydrogen) atoms. The number of unbranched alkanes of at least 4 members (excludes halogenated alkanes) is 1. The quantitative estimate of drug-likeness (QED) is 0.138. The fourth-order valence-corrected chi connectivity index (χ4v) is 6.55. The van der Waals surface area contributed by atoms with Crippen molar-refractivity contribution in [1.29, 1.82) is 0 Å². The standard InChI is InChI=1S/C28H34N8O3S/c1-33-9-11-34(12-10-33)19-20-17-23-26(40-20)28(35-13-15-39-16-14-35)31-27(30-23)21-5-4-6-24-22(21)18-29-36(24)8-3-2-7-25(37)32-38/h4-6,17-18H,1-3,7-16,19H2,(H-,29,30,31,32,37,38)/p+1. The third kappa shape index (κ3) is 5.71. The van der Waals surface area contributed by atoms with Gasteiger partial charge in [-0.25, -0.2) is 20.0 Å². The number of hydrogen-bond donors (Lipinski definition) is 2. The van der Waals surface area contributed by atoms with Crippen LogP contribution in [0, 0.1) is 0 Å². The summed E-state index contributed by atoms with van der Waals surface area (Å²) in [6, 6.07) is 8.38. The van der Waals surface area contributed by atoms with Crippen LogP contribution in [0.5, 0.6) is 0 Å². The molecule has 0 atom stereocenters. The minimum absolute atomic E-state index is 0.285. The van der Waals surface area contributed by atoms with E-state index in [-0.39, 0.29) is 12.3 Å². The second-order valence-corrected chi connectivity index (χ2v) is 11.5. The molecule has 210 valence electrons. The highest BCUT2D eigenvalue weighted by Gasteiger charge is 2.23. The zero-order chi connectivity index (χ0) is 27.5. The number of nitrogens with one attached hydrogen (secondary N) is 1. The van der Waals surface area contributed by atoms with Gasteiger partial charge in [-0.1, -0.05) is 12.1 Å². The Balaban J connectivity index is 1.32. The molecule has 0 aliphatic carbocycles. The Morgan fingerprint density at radius 1 is 1.15 bits per heavy atom. The van der Waals surface area contributed by atoms with Crippen LogP contribution in [0.3, 0.4) is 0 Å². The minimum Gasteiger partial charge on any atom is -0.378 e. The third-order valence-electron chi connectivity index (χ3n) is 7.64. The lowest BCUT2D eigenvalue weighted by Gasteiger charge is -2.28. The lowest BCUT2D eigenvalue weighted by Crippen LogP contribution is -2.40. The zero-order valence-electron chi connectivity index (χ0n) is 22.6. The number of ether oxygens (including phenoxy) is 1. The predicted molar refractivity (Wildman–Crippen MR) is 155 cm³/mol. The SMILES string of the molecule is C=[N+]1CCN(Cc2cc3nc(-c4cccc5c4cnn5CCCCC(=O)NO)nc(N4CCOCC4)c3s2)CC1. The van der Waals surface area contributed by atoms with Gasteiger partial charge in [-0.15, -0.1) is 11.3 Å². The number of thiophene rings is 1. The number of piperazine rings is 1. The van der Waals surface area contributed by atoms with E-state index in [0.717, 1.165) is 84.7 Å². The molecule has 0 spiro atoms. The van der Waals surface area contributed by atoms with Crippen LogP contribution in [-0.4, -0.2) is 99.5 Å². The first kappa shape index (κ1) is 26.8. The lowest BCUT2D eigenvalue weighted by molar-refractivity contribution is -0.531. The van der Waals surface area contributed by atoms with Crippen molar-refractivity contribution in [3.05, 3.63) is 35.3 Å². The number of nitrogens with zero attached hydrogens (tertiary/aromatic N) is 7. The van der Waals surface area contributed by atoms with Crippen LogP contribution in [0.4, 0.5) is 5.82 Å². The number of benzene rings is 1. The number of fused-ring (bicyclic) bond motifs is 2. The first-order valence-electron chi connectivity index (χ1n) is 13.9. The first-order valence-corrected chi connectivity index (χ1v) is 14.7. The topological polar surface area (TPSA) is 112 Å². The molecule has 12 heteroatoms. The van der Waals surface area contributed by atoms with E-state index in [9.17, 15) is 4.79 Å². The van der Waals surface area contributed by atoms with Crippen LogP contribution in [0.15, 0.2) is 30.5 Å². The van der Waals surface area contributed by atoms with E-state index >= 15 is 0 Å². The molecular weight excluding hydrogens is 528 g/mol. The van der Waals surface area contributed by atoms with Crippen molar-refractivity contribution in [2.24, 2.45) is 0 Å². The minimum atomic E-state index is -0.367. The Morgan fingerprint density at radius 2 is 1.98 bits per heavy atom. The van der Waals surface area contributed by atoms with Gasteiger partial charge in [-0.2, -0.15) is 5.10 Å². The largest absolute Gasteiger partial charge is 0.378 e. The number of morpholine rings is 1. The van der Waals surface area contributed by atoms with Gasteiger partial charge >= 0.3 is 0 Å². The summed E-state index contributed by atoms with van der Waals surface area (Å²) in [7, 11) is 0. The van der Waals surface area contributed by atoms with Gasteiger partial charge < -0.3 is 9.64 Å². The number of aromatic nitrogens is 4. The van der Waals surface area contributed by atoms with Crippen LogP contribution in [0.25, 0.3) is 32.5 Å². The van der Waals surface area contributed by atoms with Crippen molar-refractivity contribution >= 4 is 50.9 Å². The molecule has 0 saturated carbocycles. The smallest absolute Gasteiger partial charge is 0.243 e. The average Bonchev–Trinajstić information content (AvgIpc) is 3.60. The number of aryl methyl sites for hydroxylation is 1. The van der Waals surface area contributed by atoms with Gasteiger partial charge in [0.2, 0.25) is 5.91 Å². The molecule has 5 heterocycles. The van der Waals surface area contributed by atoms with E-state index in [1.807, 2.05) is 16.9 Å². The Morgan fingerprint density at radius 3 is 2.77 bits per heavy atom. The monoisotopic (exact) mass is 563 g/mol. The maximum absolute atomic E-state index is 11.3. The summed E-state index contributed by atoms with van der Waals surface area (Å²) in [4.78, 5) is 27.7. The Kier molecular flexibility index (Phi) is 8.00. The van der Waals surface area contributed by atoms with Crippen molar-refractivity contribution < 1.29 is 19.3 Å². The predicted octanol–water partition coefficient (Wildman–Crippen LogP) is 2.75. The number of hydroxylamine groups is 1. The number of anilines is 1. The highest BCUT2D eigenvalue weighted by molar-refractivity contribution is 7.19. The van der Waals surface area contributed by atoms with Crippen molar-refractivity contribution in [3.8, 4) is 11.4 Å². The van der Waals surface area contributed by atoms with E-state index < -0.39 is 0 Å². The summed E-state index contributed by atoms with van der Waals surface area (Å²) in [6.07, 6.45) is 3.61. The zero-order valence-corrected chi connectivity index (χ0v) is 23.4. The number of hydrogen-bond acceptors (Lipinski definition) is 9. The summed E-state index contributed by atoms with van der Waals surface area (Å²) in [6.45, 7) is 12.7. The molecule has 4 aromatic rings. The van der Waals surface area contributed by atoms with Crippen molar-refractivity contribution in [2.45, 2.75) is 32.4 Å². The van der Waals surface area contributed by atoms with E-state index in [0.29, 0.717) is 32.0 Å². The van der Waals surface area contributed by atoms with Crippen molar-refractivity contribution in [2.75, 3.05) is 57.4 Å². The first-order chi connectivity index (χ1) is 19.6. The molecular formula is C28H35N8O3S+. The van der Waals surface area contributed by atoms with E-state index in [1.54, 1.807) is 16.8 Å². The third-order valence-corrected chi connectivity index (χ3v) is 8.74. The number of carbonyl (C=O) groups is 1. The Labute approximate surface area is 236 Å². The molecule has 6 rings (SSSR count). The molecule has 0 bridgehead atoms. The fraction of sp³-hybridized carbons (Fsp3) is 0.464. The number of amides is 1. The summed E-state index contributed by atoms with van der Waals surface area (Å²) in [5.41, 5.74) is 4.64. The molecule has 3 aromatic heterocycles. The molecule has 2 aliphatic rings. The highest BCUT2D eigenvalue weighted by Crippen LogP contribution is 2.36. The van der Waals surface area contributed by atoms with Gasteiger partial charge in [0.1, 0.15) is 6.72 Å². The van der Waals surface area contributed by atoms with Crippen molar-refractivity contribution in [1.82, 2.24) is 30.1 Å². The Bertz CT molecular complexity index is 1520. The summed E-state index contributed by atoms with van der Waals surface area (Å²) < 4.78 is 10.9. The van der Waals surface area contributed by atoms with Gasteiger partial charge in [0.05, 0.1) is 48.2 Å². The molecule has 2 fully saturated rings. The molecule has 2 aliphatic heterocycles. The molecule has 11 nitrogen and oxygen atoms in total. The lowest BCUT2D eigenvalue weighted by atomic mass is 10.1. The van der Waals surface area contributed by atoms with Crippen LogP contribution >= 0.6 is 11.3 Å². The normalized spacial score (nSPS) is 16.7. The average molecular weight is 564 g/mol. The van der Waals surface area contributed by atoms with E-state index in [2.05, 4.69) is 44.4 Å². The molecule has 1 aromatic carbocycles. The van der Waals surface area contributed by atoms with Crippen LogP contribution in [0.1, 0.15) is 24.1 Å². The maximum Gasteiger partial charge on any atom is 0.243 e. The van der Waals surface area contributed by atoms with Gasteiger partial charge in [-0.05, 0) is 25.0 Å². The molecule has 0 radical (unpaired) electrons. The molecule has 2 saturated heterocycles. The summed E-state index contributed by atoms with van der Waals surface area (Å²) >= 11 is 1.80. The summed E-state index contributed by atoms with van der Waals surface area (Å²) in [5, 5.41) is 14.4. The maximum atomic E-state index is 11.3. The molecule has 2 N–H and O–H groups in total. The van der Waals surface area contributed by atoms with Gasteiger partial charge in [0.25, 0.3) is 0 Å². The second-order valence-electron chi connectivity index (χ2n) is 10.4. The number of rotatable bonds is 9. The van der Waals surface area contributed by atoms with Crippen LogP contribution in [-0.2, 0) is 22.6 Å². The van der Waals surface area contributed by atoms with E-state index in [4.69, 9.17) is 19.9 Å². The Hall–Kier alpha value is -3.45. The van der Waals surface area contributed by atoms with Crippen LogP contribution < -0.4 is 10.4 Å². The van der Waals surface area contributed by atoms with E-state index in [1.165, 1.54) is 4.88 Å². The van der Waals surface area contributed by atoms with Gasteiger partial charge in [0, 0.05) is 48.4 Å². The van der Waals surface area contributed by atoms with Gasteiger partial charge in [0.15, 0.2) is 24.7 Å². The van der Waals surface area contributed by atoms with Gasteiger partial charge in [-0.3, -0.25) is 19.6 Å². The number of carbonyl (C=O) groups excluding carboxylic acids is 1. The fourth-order valence-electron chi connectivity index (χ4n) is 5.40. The molecule has 0 unspecified atom stereocenters. The second kappa shape index (κ2) is 12.0. The highest BCUT2D eigenvalue weighted by atomic mass is 32.1. The summed E-state index contributed by atoms with van der Waals surface area (Å²) in [5.74, 6) is 1.32. The van der Waals surface area contributed by atoms with Crippen LogP contribution in [0.2, 0.25) is 0 Å².